The second kappa shape index (κ2) is 5.76. The minimum Gasteiger partial charge on any atom is -0.478 e. The normalized spacial score (nSPS) is 13.1. The van der Waals surface area contributed by atoms with Crippen LogP contribution in [0.1, 0.15) is 31.1 Å². The first kappa shape index (κ1) is 17.6. The van der Waals surface area contributed by atoms with Crippen molar-refractivity contribution in [3.63, 3.8) is 0 Å². The SMILES string of the molecule is CC(C)(C)S(=O)(=O)CCS(=O)(=O)c1cccc(C(=O)O)c1. The van der Waals surface area contributed by atoms with Gasteiger partial charge in [-0.1, -0.05) is 6.07 Å². The molecule has 0 amide bonds. The van der Waals surface area contributed by atoms with Gasteiger partial charge in [-0.2, -0.15) is 0 Å². The first-order valence-electron chi connectivity index (χ1n) is 6.15. The lowest BCUT2D eigenvalue weighted by Crippen LogP contribution is -2.33. The number of carbonyl (C=O) groups is 1. The van der Waals surface area contributed by atoms with Gasteiger partial charge in [-0.05, 0) is 39.0 Å². The Balaban J connectivity index is 3.04. The molecule has 0 aliphatic rings. The number of hydrogen-bond donors (Lipinski definition) is 1. The van der Waals surface area contributed by atoms with Crippen LogP contribution in [0.25, 0.3) is 0 Å². The summed E-state index contributed by atoms with van der Waals surface area (Å²) < 4.78 is 47.1. The van der Waals surface area contributed by atoms with Gasteiger partial charge in [0.25, 0.3) is 0 Å². The van der Waals surface area contributed by atoms with E-state index in [1.807, 2.05) is 0 Å². The van der Waals surface area contributed by atoms with Crippen LogP contribution in [-0.2, 0) is 19.7 Å². The zero-order valence-electron chi connectivity index (χ0n) is 12.0. The van der Waals surface area contributed by atoms with Crippen LogP contribution in [0.3, 0.4) is 0 Å². The van der Waals surface area contributed by atoms with Crippen molar-refractivity contribution < 1.29 is 26.7 Å². The highest BCUT2D eigenvalue weighted by Gasteiger charge is 2.30. The van der Waals surface area contributed by atoms with Crippen LogP contribution in [0, 0.1) is 0 Å². The highest BCUT2D eigenvalue weighted by atomic mass is 32.2. The average Bonchev–Trinajstić information content (AvgIpc) is 2.35. The van der Waals surface area contributed by atoms with Crippen molar-refractivity contribution in [2.24, 2.45) is 0 Å². The van der Waals surface area contributed by atoms with Crippen LogP contribution >= 0.6 is 0 Å². The molecule has 1 N–H and O–H groups in total. The summed E-state index contributed by atoms with van der Waals surface area (Å²) in [5.74, 6) is -2.32. The van der Waals surface area contributed by atoms with Gasteiger partial charge in [-0.15, -0.1) is 0 Å². The smallest absolute Gasteiger partial charge is 0.335 e. The van der Waals surface area contributed by atoms with Gasteiger partial charge in [0.2, 0.25) is 0 Å². The molecule has 0 aromatic heterocycles. The molecule has 8 heteroatoms. The van der Waals surface area contributed by atoms with Gasteiger partial charge in [0.05, 0.1) is 26.7 Å². The fraction of sp³-hybridized carbons (Fsp3) is 0.462. The number of hydrogen-bond acceptors (Lipinski definition) is 5. The molecule has 0 saturated carbocycles. The van der Waals surface area contributed by atoms with Gasteiger partial charge >= 0.3 is 5.97 Å². The largest absolute Gasteiger partial charge is 0.478 e. The van der Waals surface area contributed by atoms with E-state index in [0.29, 0.717) is 0 Å². The van der Waals surface area contributed by atoms with Crippen molar-refractivity contribution in [3.05, 3.63) is 29.8 Å². The Morgan fingerprint density at radius 3 is 2.14 bits per heavy atom. The molecule has 0 bridgehead atoms. The lowest BCUT2D eigenvalue weighted by atomic mass is 10.2. The molecule has 0 aliphatic carbocycles. The van der Waals surface area contributed by atoms with Crippen LogP contribution in [0.4, 0.5) is 0 Å². The Hall–Kier alpha value is -1.41. The minimum absolute atomic E-state index is 0.158. The zero-order valence-corrected chi connectivity index (χ0v) is 13.7. The highest BCUT2D eigenvalue weighted by molar-refractivity contribution is 7.95. The molecular weight excluding hydrogens is 316 g/mol. The number of carboxylic acids is 1. The summed E-state index contributed by atoms with van der Waals surface area (Å²) in [5, 5.41) is 8.85. The summed E-state index contributed by atoms with van der Waals surface area (Å²) in [7, 11) is -7.41. The summed E-state index contributed by atoms with van der Waals surface area (Å²) in [6.45, 7) is 4.50. The maximum Gasteiger partial charge on any atom is 0.335 e. The third-order valence-corrected chi connectivity index (χ3v) is 7.57. The molecule has 0 unspecified atom stereocenters. The highest BCUT2D eigenvalue weighted by Crippen LogP contribution is 2.19. The fourth-order valence-corrected chi connectivity index (χ4v) is 4.66. The number of aromatic carboxylic acids is 1. The molecule has 0 atom stereocenters. The topological polar surface area (TPSA) is 106 Å². The number of carboxylic acid groups (broad SMARTS) is 1. The number of sulfone groups is 2. The molecule has 21 heavy (non-hydrogen) atoms. The summed E-state index contributed by atoms with van der Waals surface area (Å²) >= 11 is 0. The van der Waals surface area contributed by atoms with E-state index in [1.165, 1.54) is 39.0 Å². The molecule has 0 fully saturated rings. The summed E-state index contributed by atoms with van der Waals surface area (Å²) in [5.41, 5.74) is -0.158. The third-order valence-electron chi connectivity index (χ3n) is 2.99. The van der Waals surface area contributed by atoms with E-state index in [4.69, 9.17) is 5.11 Å². The molecular formula is C13H18O6S2. The fourth-order valence-electron chi connectivity index (χ4n) is 1.47. The van der Waals surface area contributed by atoms with E-state index in [2.05, 4.69) is 0 Å². The molecule has 1 rings (SSSR count). The molecule has 0 aliphatic heterocycles. The molecule has 1 aromatic rings. The molecule has 0 radical (unpaired) electrons. The predicted octanol–water partition coefficient (Wildman–Crippen LogP) is 1.37. The van der Waals surface area contributed by atoms with Crippen LogP contribution in [0.15, 0.2) is 29.2 Å². The van der Waals surface area contributed by atoms with Gasteiger partial charge in [-0.25, -0.2) is 21.6 Å². The number of rotatable bonds is 5. The minimum atomic E-state index is -3.85. The van der Waals surface area contributed by atoms with E-state index in [1.54, 1.807) is 0 Å². The Bertz CT molecular complexity index is 739. The lowest BCUT2D eigenvalue weighted by Gasteiger charge is -2.18. The van der Waals surface area contributed by atoms with E-state index in [0.717, 1.165) is 6.07 Å². The van der Waals surface area contributed by atoms with Crippen molar-refractivity contribution in [1.29, 1.82) is 0 Å². The quantitative estimate of drug-likeness (QED) is 0.872. The predicted molar refractivity (Wildman–Crippen MR) is 79.0 cm³/mol. The van der Waals surface area contributed by atoms with Crippen molar-refractivity contribution in [2.45, 2.75) is 30.4 Å². The van der Waals surface area contributed by atoms with Crippen molar-refractivity contribution in [3.8, 4) is 0 Å². The van der Waals surface area contributed by atoms with E-state index >= 15 is 0 Å². The van der Waals surface area contributed by atoms with Gasteiger partial charge in [0, 0.05) is 0 Å². The van der Waals surface area contributed by atoms with E-state index < -0.39 is 41.9 Å². The van der Waals surface area contributed by atoms with Crippen molar-refractivity contribution in [2.75, 3.05) is 11.5 Å². The standard InChI is InChI=1S/C13H18O6S2/c1-13(2,3)21(18,19)8-7-20(16,17)11-6-4-5-10(9-11)12(14)15/h4-6,9H,7-8H2,1-3H3,(H,14,15). The van der Waals surface area contributed by atoms with Gasteiger partial charge in [0.1, 0.15) is 0 Å². The molecule has 0 saturated heterocycles. The maximum atomic E-state index is 12.1. The van der Waals surface area contributed by atoms with Crippen LogP contribution in [-0.4, -0.2) is 44.2 Å². The molecule has 6 nitrogen and oxygen atoms in total. The third kappa shape index (κ3) is 4.28. The monoisotopic (exact) mass is 334 g/mol. The first-order chi connectivity index (χ1) is 9.37. The zero-order chi connectivity index (χ0) is 16.5. The average molecular weight is 334 g/mol. The van der Waals surface area contributed by atoms with Gasteiger partial charge in [0.15, 0.2) is 19.7 Å². The van der Waals surface area contributed by atoms with Crippen LogP contribution in [0.2, 0.25) is 0 Å². The van der Waals surface area contributed by atoms with Gasteiger partial charge < -0.3 is 5.11 Å². The summed E-state index contributed by atoms with van der Waals surface area (Å²) in [4.78, 5) is 10.6. The second-order valence-corrected chi connectivity index (χ2v) is 10.6. The summed E-state index contributed by atoms with van der Waals surface area (Å²) in [6.07, 6.45) is 0. The molecule has 1 aromatic carbocycles. The maximum absolute atomic E-state index is 12.1. The second-order valence-electron chi connectivity index (χ2n) is 5.58. The lowest BCUT2D eigenvalue weighted by molar-refractivity contribution is 0.0696. The Labute approximate surface area is 124 Å². The number of benzene rings is 1. The van der Waals surface area contributed by atoms with Crippen molar-refractivity contribution >= 4 is 25.6 Å². The Morgan fingerprint density at radius 2 is 1.67 bits per heavy atom. The van der Waals surface area contributed by atoms with Gasteiger partial charge in [-0.3, -0.25) is 0 Å². The first-order valence-corrected chi connectivity index (χ1v) is 9.46. The Morgan fingerprint density at radius 1 is 1.10 bits per heavy atom. The molecule has 0 heterocycles. The Kier molecular flexibility index (Phi) is 4.84. The van der Waals surface area contributed by atoms with Crippen LogP contribution in [0.5, 0.6) is 0 Å². The molecule has 0 spiro atoms. The van der Waals surface area contributed by atoms with E-state index in [-0.39, 0.29) is 10.5 Å². The van der Waals surface area contributed by atoms with Crippen LogP contribution < -0.4 is 0 Å². The van der Waals surface area contributed by atoms with E-state index in [9.17, 15) is 21.6 Å². The molecule has 118 valence electrons. The van der Waals surface area contributed by atoms with Crippen molar-refractivity contribution in [1.82, 2.24) is 0 Å². The summed E-state index contributed by atoms with van der Waals surface area (Å²) in [6, 6.07) is 4.87.